The molecule has 2 rings (SSSR count). The van der Waals surface area contributed by atoms with E-state index in [9.17, 15) is 9.90 Å². The van der Waals surface area contributed by atoms with E-state index >= 15 is 0 Å². The van der Waals surface area contributed by atoms with E-state index in [1.165, 1.54) is 12.2 Å². The fraction of sp³-hybridized carbons (Fsp3) is 0.917. The summed E-state index contributed by atoms with van der Waals surface area (Å²) in [5.74, 6) is 2.37. The molecule has 2 aliphatic rings. The number of likely N-dealkylation sites (N-methyl/N-ethyl adjacent to an activating group) is 1. The van der Waals surface area contributed by atoms with E-state index in [4.69, 9.17) is 0 Å². The smallest absolute Gasteiger partial charge is 0.234 e. The molecule has 5 heteroatoms. The minimum Gasteiger partial charge on any atom is -0.388 e. The average molecular weight is 258 g/mol. The van der Waals surface area contributed by atoms with Crippen LogP contribution in [0, 0.1) is 0 Å². The molecule has 1 saturated heterocycles. The Hall–Kier alpha value is -0.260. The van der Waals surface area contributed by atoms with Crippen LogP contribution in [-0.2, 0) is 4.79 Å². The Bertz CT molecular complexity index is 276. The van der Waals surface area contributed by atoms with Crippen molar-refractivity contribution in [3.8, 4) is 0 Å². The summed E-state index contributed by atoms with van der Waals surface area (Å²) in [4.78, 5) is 13.9. The molecule has 0 radical (unpaired) electrons. The van der Waals surface area contributed by atoms with E-state index in [-0.39, 0.29) is 5.91 Å². The van der Waals surface area contributed by atoms with Crippen molar-refractivity contribution < 1.29 is 9.90 Å². The molecule has 4 nitrogen and oxygen atoms in total. The molecule has 1 unspecified atom stereocenters. The van der Waals surface area contributed by atoms with Crippen molar-refractivity contribution >= 4 is 17.7 Å². The minimum absolute atomic E-state index is 0.0322. The summed E-state index contributed by atoms with van der Waals surface area (Å²) in [6.07, 6.45) is 3.90. The zero-order valence-electron chi connectivity index (χ0n) is 10.4. The van der Waals surface area contributed by atoms with Crippen LogP contribution in [0.15, 0.2) is 0 Å². The molecule has 98 valence electrons. The van der Waals surface area contributed by atoms with Gasteiger partial charge in [0.15, 0.2) is 0 Å². The van der Waals surface area contributed by atoms with Crippen LogP contribution < -0.4 is 5.32 Å². The number of hydrogen-bond acceptors (Lipinski definition) is 4. The van der Waals surface area contributed by atoms with Gasteiger partial charge in [0.1, 0.15) is 0 Å². The van der Waals surface area contributed by atoms with Crippen molar-refractivity contribution in [2.45, 2.75) is 37.3 Å². The quantitative estimate of drug-likeness (QED) is 0.752. The Labute approximate surface area is 107 Å². The van der Waals surface area contributed by atoms with Gasteiger partial charge in [-0.05, 0) is 38.5 Å². The lowest BCUT2D eigenvalue weighted by atomic mass is 9.80. The van der Waals surface area contributed by atoms with Gasteiger partial charge in [0, 0.05) is 18.3 Å². The molecule has 0 aromatic heterocycles. The summed E-state index contributed by atoms with van der Waals surface area (Å²) in [6, 6.07) is 0.539. The highest BCUT2D eigenvalue weighted by Gasteiger charge is 2.34. The highest BCUT2D eigenvalue weighted by Crippen LogP contribution is 2.30. The minimum atomic E-state index is -0.614. The zero-order chi connectivity index (χ0) is 12.3. The Morgan fingerprint density at radius 2 is 2.35 bits per heavy atom. The van der Waals surface area contributed by atoms with Crippen LogP contribution in [0.1, 0.15) is 25.7 Å². The molecule has 2 fully saturated rings. The summed E-state index contributed by atoms with van der Waals surface area (Å²) in [5.41, 5.74) is -0.614. The first kappa shape index (κ1) is 13.2. The molecule has 2 N–H and O–H groups in total. The third-order valence-electron chi connectivity index (χ3n) is 3.82. The van der Waals surface area contributed by atoms with Gasteiger partial charge < -0.3 is 10.4 Å². The van der Waals surface area contributed by atoms with Gasteiger partial charge >= 0.3 is 0 Å². The molecule has 1 aliphatic heterocycles. The molecule has 0 spiro atoms. The maximum atomic E-state index is 11.7. The van der Waals surface area contributed by atoms with Crippen molar-refractivity contribution in [1.82, 2.24) is 10.2 Å². The highest BCUT2D eigenvalue weighted by molar-refractivity contribution is 7.99. The molecule has 1 heterocycles. The van der Waals surface area contributed by atoms with Crippen LogP contribution in [0.2, 0.25) is 0 Å². The summed E-state index contributed by atoms with van der Waals surface area (Å²) in [5, 5.41) is 12.7. The number of carbonyl (C=O) groups excluding carboxylic acids is 1. The molecule has 1 saturated carbocycles. The van der Waals surface area contributed by atoms with E-state index in [1.54, 1.807) is 0 Å². The van der Waals surface area contributed by atoms with Gasteiger partial charge in [0.05, 0.1) is 12.1 Å². The predicted molar refractivity (Wildman–Crippen MR) is 70.2 cm³/mol. The lowest BCUT2D eigenvalue weighted by Crippen LogP contribution is -2.50. The first-order valence-corrected chi connectivity index (χ1v) is 7.52. The second-order valence-corrected chi connectivity index (χ2v) is 6.44. The van der Waals surface area contributed by atoms with Crippen molar-refractivity contribution in [2.24, 2.45) is 0 Å². The monoisotopic (exact) mass is 258 g/mol. The number of nitrogens with zero attached hydrogens (tertiary/aromatic N) is 1. The first-order valence-electron chi connectivity index (χ1n) is 6.36. The molecule has 1 aliphatic carbocycles. The number of amides is 1. The second-order valence-electron chi connectivity index (χ2n) is 5.29. The lowest BCUT2D eigenvalue weighted by Gasteiger charge is -2.36. The average Bonchev–Trinajstić information content (AvgIpc) is 2.77. The third-order valence-corrected chi connectivity index (χ3v) is 4.97. The van der Waals surface area contributed by atoms with Gasteiger partial charge in [0.2, 0.25) is 5.91 Å². The van der Waals surface area contributed by atoms with Crippen molar-refractivity contribution in [3.63, 3.8) is 0 Å². The zero-order valence-corrected chi connectivity index (χ0v) is 11.3. The Morgan fingerprint density at radius 1 is 1.59 bits per heavy atom. The van der Waals surface area contributed by atoms with Crippen LogP contribution in [0.4, 0.5) is 0 Å². The van der Waals surface area contributed by atoms with E-state index in [2.05, 4.69) is 10.2 Å². The highest BCUT2D eigenvalue weighted by atomic mass is 32.2. The summed E-state index contributed by atoms with van der Waals surface area (Å²) in [7, 11) is 2.01. The van der Waals surface area contributed by atoms with Gasteiger partial charge in [-0.1, -0.05) is 0 Å². The molecular formula is C12H22N2O2S. The Balaban J connectivity index is 1.65. The summed E-state index contributed by atoms with van der Waals surface area (Å²) in [6.45, 7) is 0.862. The molecule has 17 heavy (non-hydrogen) atoms. The van der Waals surface area contributed by atoms with Gasteiger partial charge in [-0.3, -0.25) is 9.69 Å². The van der Waals surface area contributed by atoms with Crippen LogP contribution in [0.25, 0.3) is 0 Å². The largest absolute Gasteiger partial charge is 0.388 e. The van der Waals surface area contributed by atoms with Crippen molar-refractivity contribution in [3.05, 3.63) is 0 Å². The topological polar surface area (TPSA) is 52.6 Å². The number of carbonyl (C=O) groups is 1. The standard InChI is InChI=1S/C12H22N2O2S/c1-14(10-3-6-17-8-10)7-11(15)13-9-12(16)4-2-5-12/h10,16H,2-9H2,1H3,(H,13,15). The van der Waals surface area contributed by atoms with Crippen LogP contribution in [0.5, 0.6) is 0 Å². The lowest BCUT2D eigenvalue weighted by molar-refractivity contribution is -0.124. The number of thioether (sulfide) groups is 1. The van der Waals surface area contributed by atoms with E-state index in [1.807, 2.05) is 18.8 Å². The van der Waals surface area contributed by atoms with Gasteiger partial charge in [-0.25, -0.2) is 0 Å². The summed E-state index contributed by atoms with van der Waals surface area (Å²) < 4.78 is 0. The van der Waals surface area contributed by atoms with Crippen molar-refractivity contribution in [1.29, 1.82) is 0 Å². The van der Waals surface area contributed by atoms with Crippen LogP contribution in [-0.4, -0.2) is 59.2 Å². The predicted octanol–water partition coefficient (Wildman–Crippen LogP) is 0.455. The molecule has 0 bridgehead atoms. The fourth-order valence-corrected chi connectivity index (χ4v) is 3.60. The van der Waals surface area contributed by atoms with E-state index in [0.29, 0.717) is 19.1 Å². The van der Waals surface area contributed by atoms with Gasteiger partial charge in [0.25, 0.3) is 0 Å². The number of rotatable bonds is 5. The van der Waals surface area contributed by atoms with Gasteiger partial charge in [-0.15, -0.1) is 0 Å². The van der Waals surface area contributed by atoms with Gasteiger partial charge in [-0.2, -0.15) is 11.8 Å². The molecule has 0 aromatic rings. The second kappa shape index (κ2) is 5.59. The molecule has 0 aromatic carbocycles. The number of hydrogen-bond donors (Lipinski definition) is 2. The third kappa shape index (κ3) is 3.60. The normalized spacial score (nSPS) is 26.9. The van der Waals surface area contributed by atoms with Crippen molar-refractivity contribution in [2.75, 3.05) is 31.6 Å². The molecular weight excluding hydrogens is 236 g/mol. The molecule has 1 atom stereocenters. The van der Waals surface area contributed by atoms with E-state index in [0.717, 1.165) is 25.0 Å². The van der Waals surface area contributed by atoms with Crippen LogP contribution >= 0.6 is 11.8 Å². The Morgan fingerprint density at radius 3 is 2.88 bits per heavy atom. The van der Waals surface area contributed by atoms with E-state index < -0.39 is 5.60 Å². The SMILES string of the molecule is CN(CC(=O)NCC1(O)CCC1)C1CCSC1. The maximum absolute atomic E-state index is 11.7. The Kier molecular flexibility index (Phi) is 4.33. The maximum Gasteiger partial charge on any atom is 0.234 e. The number of nitrogens with one attached hydrogen (secondary N) is 1. The summed E-state index contributed by atoms with van der Waals surface area (Å²) >= 11 is 1.95. The fourth-order valence-electron chi connectivity index (χ4n) is 2.31. The van der Waals surface area contributed by atoms with Crippen LogP contribution in [0.3, 0.4) is 0 Å². The molecule has 1 amide bonds. The first-order chi connectivity index (χ1) is 8.09. The number of aliphatic hydroxyl groups is 1.